The molecule has 2 aliphatic rings. The second-order valence-corrected chi connectivity index (χ2v) is 5.58. The van der Waals surface area contributed by atoms with Gasteiger partial charge in [-0.15, -0.1) is 12.4 Å². The minimum absolute atomic E-state index is 0. The molecule has 3 heterocycles. The second-order valence-electron chi connectivity index (χ2n) is 5.58. The van der Waals surface area contributed by atoms with Crippen LogP contribution in [-0.4, -0.2) is 48.1 Å². The maximum absolute atomic E-state index is 11.4. The zero-order valence-corrected chi connectivity index (χ0v) is 13.1. The van der Waals surface area contributed by atoms with E-state index in [-0.39, 0.29) is 24.4 Å². The van der Waals surface area contributed by atoms with E-state index in [1.165, 1.54) is 5.56 Å². The summed E-state index contributed by atoms with van der Waals surface area (Å²) < 4.78 is 5.95. The molecule has 0 saturated carbocycles. The van der Waals surface area contributed by atoms with E-state index in [9.17, 15) is 4.79 Å². The summed E-state index contributed by atoms with van der Waals surface area (Å²) >= 11 is 0. The van der Waals surface area contributed by atoms with Gasteiger partial charge in [-0.3, -0.25) is 4.79 Å². The highest BCUT2D eigenvalue weighted by Crippen LogP contribution is 2.33. The van der Waals surface area contributed by atoms with Crippen LogP contribution in [0.3, 0.4) is 0 Å². The molecule has 5 nitrogen and oxygen atoms in total. The van der Waals surface area contributed by atoms with E-state index < -0.39 is 0 Å². The van der Waals surface area contributed by atoms with Gasteiger partial charge in [0.15, 0.2) is 0 Å². The third-order valence-electron chi connectivity index (χ3n) is 4.20. The maximum Gasteiger partial charge on any atom is 0.219 e. The van der Waals surface area contributed by atoms with E-state index in [1.807, 2.05) is 11.0 Å². The molecule has 2 aliphatic heterocycles. The number of ether oxygens (including phenoxy) is 1. The van der Waals surface area contributed by atoms with Gasteiger partial charge in [0, 0.05) is 44.9 Å². The number of halogens is 1. The van der Waals surface area contributed by atoms with Crippen molar-refractivity contribution in [1.82, 2.24) is 15.2 Å². The number of amides is 1. The van der Waals surface area contributed by atoms with Crippen molar-refractivity contribution < 1.29 is 9.53 Å². The summed E-state index contributed by atoms with van der Waals surface area (Å²) in [7, 11) is 0. The van der Waals surface area contributed by atoms with Crippen molar-refractivity contribution >= 4 is 18.3 Å². The Morgan fingerprint density at radius 3 is 2.67 bits per heavy atom. The maximum atomic E-state index is 11.4. The van der Waals surface area contributed by atoms with Gasteiger partial charge >= 0.3 is 0 Å². The Kier molecular flexibility index (Phi) is 5.42. The standard InChI is InChI=1S/C15H21N3O2.ClH/c1-11(19)18-7-4-12(5-8-18)14-3-2-6-17-15(14)20-13-9-16-10-13;/h2-3,6,12-13,16H,4-5,7-10H2,1H3;1H. The Morgan fingerprint density at radius 1 is 1.38 bits per heavy atom. The number of likely N-dealkylation sites (tertiary alicyclic amines) is 1. The van der Waals surface area contributed by atoms with Gasteiger partial charge in [0.25, 0.3) is 0 Å². The third kappa shape index (κ3) is 3.66. The molecular weight excluding hydrogens is 290 g/mol. The van der Waals surface area contributed by atoms with Gasteiger partial charge in [-0.25, -0.2) is 4.98 Å². The fraction of sp³-hybridized carbons (Fsp3) is 0.600. The summed E-state index contributed by atoms with van der Waals surface area (Å²) in [6, 6.07) is 4.08. The van der Waals surface area contributed by atoms with Crippen LogP contribution < -0.4 is 10.1 Å². The lowest BCUT2D eigenvalue weighted by atomic mass is 9.90. The van der Waals surface area contributed by atoms with Gasteiger partial charge in [-0.05, 0) is 24.8 Å². The molecule has 21 heavy (non-hydrogen) atoms. The van der Waals surface area contributed by atoms with Gasteiger partial charge in [0.1, 0.15) is 6.10 Å². The molecule has 0 unspecified atom stereocenters. The van der Waals surface area contributed by atoms with Crippen LogP contribution in [0, 0.1) is 0 Å². The molecule has 116 valence electrons. The van der Waals surface area contributed by atoms with Crippen molar-refractivity contribution in [3.8, 4) is 5.88 Å². The highest BCUT2D eigenvalue weighted by Gasteiger charge is 2.26. The summed E-state index contributed by atoms with van der Waals surface area (Å²) in [5, 5.41) is 3.20. The molecule has 0 bridgehead atoms. The zero-order valence-electron chi connectivity index (χ0n) is 12.2. The SMILES string of the molecule is CC(=O)N1CCC(c2cccnc2OC2CNC2)CC1.Cl. The first-order chi connectivity index (χ1) is 9.74. The second kappa shape index (κ2) is 7.09. The van der Waals surface area contributed by atoms with E-state index in [4.69, 9.17) is 4.74 Å². The first-order valence-electron chi connectivity index (χ1n) is 7.32. The Balaban J connectivity index is 0.00000161. The molecule has 0 spiro atoms. The summed E-state index contributed by atoms with van der Waals surface area (Å²) in [5.41, 5.74) is 1.20. The van der Waals surface area contributed by atoms with Crippen molar-refractivity contribution in [3.63, 3.8) is 0 Å². The number of pyridine rings is 1. The highest BCUT2D eigenvalue weighted by molar-refractivity contribution is 5.85. The fourth-order valence-electron chi connectivity index (χ4n) is 2.82. The lowest BCUT2D eigenvalue weighted by Crippen LogP contribution is -2.50. The number of hydrogen-bond donors (Lipinski definition) is 1. The minimum Gasteiger partial charge on any atom is -0.471 e. The summed E-state index contributed by atoms with van der Waals surface area (Å²) in [4.78, 5) is 17.7. The van der Waals surface area contributed by atoms with Crippen molar-refractivity contribution in [2.45, 2.75) is 31.8 Å². The molecule has 0 atom stereocenters. The number of carbonyl (C=O) groups excluding carboxylic acids is 1. The van der Waals surface area contributed by atoms with Crippen molar-refractivity contribution in [2.75, 3.05) is 26.2 Å². The molecule has 6 heteroatoms. The Labute approximate surface area is 131 Å². The molecule has 1 N–H and O–H groups in total. The molecule has 0 aliphatic carbocycles. The molecule has 2 fully saturated rings. The smallest absolute Gasteiger partial charge is 0.219 e. The van der Waals surface area contributed by atoms with Crippen LogP contribution in [0.2, 0.25) is 0 Å². The van der Waals surface area contributed by atoms with Crippen LogP contribution in [0.5, 0.6) is 5.88 Å². The van der Waals surface area contributed by atoms with E-state index in [2.05, 4.69) is 16.4 Å². The van der Waals surface area contributed by atoms with Crippen LogP contribution in [0.15, 0.2) is 18.3 Å². The number of nitrogens with zero attached hydrogens (tertiary/aromatic N) is 2. The quantitative estimate of drug-likeness (QED) is 0.921. The Morgan fingerprint density at radius 2 is 2.10 bits per heavy atom. The zero-order chi connectivity index (χ0) is 13.9. The van der Waals surface area contributed by atoms with Crippen molar-refractivity contribution in [2.24, 2.45) is 0 Å². The van der Waals surface area contributed by atoms with Crippen LogP contribution in [-0.2, 0) is 4.79 Å². The van der Waals surface area contributed by atoms with E-state index in [0.717, 1.165) is 44.9 Å². The number of piperidine rings is 1. The lowest BCUT2D eigenvalue weighted by Gasteiger charge is -2.33. The van der Waals surface area contributed by atoms with Crippen molar-refractivity contribution in [1.29, 1.82) is 0 Å². The predicted molar refractivity (Wildman–Crippen MR) is 83.0 cm³/mol. The van der Waals surface area contributed by atoms with Crippen LogP contribution in [0.4, 0.5) is 0 Å². The molecule has 0 aromatic carbocycles. The van der Waals surface area contributed by atoms with Gasteiger partial charge in [-0.1, -0.05) is 6.07 Å². The number of rotatable bonds is 3. The van der Waals surface area contributed by atoms with E-state index in [1.54, 1.807) is 13.1 Å². The summed E-state index contributed by atoms with van der Waals surface area (Å²) in [6.45, 7) is 5.11. The highest BCUT2D eigenvalue weighted by atomic mass is 35.5. The fourth-order valence-corrected chi connectivity index (χ4v) is 2.82. The number of aromatic nitrogens is 1. The molecule has 1 amide bonds. The van der Waals surface area contributed by atoms with E-state index >= 15 is 0 Å². The Bertz CT molecular complexity index is 486. The number of nitrogens with one attached hydrogen (secondary N) is 1. The Hall–Kier alpha value is -1.33. The van der Waals surface area contributed by atoms with Crippen LogP contribution in [0.25, 0.3) is 0 Å². The topological polar surface area (TPSA) is 54.5 Å². The largest absolute Gasteiger partial charge is 0.471 e. The van der Waals surface area contributed by atoms with E-state index in [0.29, 0.717) is 5.92 Å². The molecule has 3 rings (SSSR count). The number of hydrogen-bond acceptors (Lipinski definition) is 4. The first kappa shape index (κ1) is 16.0. The van der Waals surface area contributed by atoms with Gasteiger partial charge < -0.3 is 15.0 Å². The average molecular weight is 312 g/mol. The molecule has 1 aromatic rings. The number of carbonyl (C=O) groups is 1. The summed E-state index contributed by atoms with van der Waals surface area (Å²) in [5.74, 6) is 1.40. The van der Waals surface area contributed by atoms with Crippen molar-refractivity contribution in [3.05, 3.63) is 23.9 Å². The van der Waals surface area contributed by atoms with Crippen LogP contribution in [0.1, 0.15) is 31.2 Å². The molecule has 1 aromatic heterocycles. The molecule has 2 saturated heterocycles. The van der Waals surface area contributed by atoms with Gasteiger partial charge in [0.2, 0.25) is 11.8 Å². The first-order valence-corrected chi connectivity index (χ1v) is 7.32. The lowest BCUT2D eigenvalue weighted by molar-refractivity contribution is -0.129. The normalized spacial score (nSPS) is 19.6. The molecule has 0 radical (unpaired) electrons. The monoisotopic (exact) mass is 311 g/mol. The molecular formula is C15H22ClN3O2. The van der Waals surface area contributed by atoms with Gasteiger partial charge in [0.05, 0.1) is 0 Å². The third-order valence-corrected chi connectivity index (χ3v) is 4.20. The minimum atomic E-state index is 0. The van der Waals surface area contributed by atoms with Gasteiger partial charge in [-0.2, -0.15) is 0 Å². The average Bonchev–Trinajstić information content (AvgIpc) is 2.43. The van der Waals surface area contributed by atoms with Crippen LogP contribution >= 0.6 is 12.4 Å². The predicted octanol–water partition coefficient (Wildman–Crippen LogP) is 1.58. The summed E-state index contributed by atoms with van der Waals surface area (Å²) in [6.07, 6.45) is 4.02.